The number of aromatic nitrogens is 3. The molecule has 1 aliphatic heterocycles. The van der Waals surface area contributed by atoms with Gasteiger partial charge in [0.1, 0.15) is 12.4 Å². The second-order valence-electron chi connectivity index (χ2n) is 5.92. The first-order chi connectivity index (χ1) is 11.6. The fourth-order valence-corrected chi connectivity index (χ4v) is 4.19. The molecule has 1 atom stereocenters. The first-order valence-corrected chi connectivity index (χ1v) is 8.82. The summed E-state index contributed by atoms with van der Waals surface area (Å²) in [7, 11) is 0. The lowest BCUT2D eigenvalue weighted by atomic mass is 10.0. The summed E-state index contributed by atoms with van der Waals surface area (Å²) in [5, 5.41) is 4.19. The molecule has 0 spiro atoms. The van der Waals surface area contributed by atoms with E-state index in [1.165, 1.54) is 23.2 Å². The van der Waals surface area contributed by atoms with Gasteiger partial charge >= 0.3 is 6.09 Å². The van der Waals surface area contributed by atoms with Gasteiger partial charge in [-0.15, -0.1) is 0 Å². The van der Waals surface area contributed by atoms with Crippen molar-refractivity contribution in [2.24, 2.45) is 0 Å². The van der Waals surface area contributed by atoms with E-state index in [4.69, 9.17) is 4.74 Å². The maximum Gasteiger partial charge on any atom is 0.414 e. The van der Waals surface area contributed by atoms with E-state index in [0.717, 1.165) is 34.1 Å². The molecule has 0 bridgehead atoms. The number of thiazole rings is 1. The first-order valence-electron chi connectivity index (χ1n) is 8.00. The highest BCUT2D eigenvalue weighted by Crippen LogP contribution is 2.32. The molecule has 0 saturated heterocycles. The van der Waals surface area contributed by atoms with Crippen molar-refractivity contribution in [1.82, 2.24) is 14.6 Å². The van der Waals surface area contributed by atoms with Gasteiger partial charge in [-0.2, -0.15) is 5.10 Å². The van der Waals surface area contributed by atoms with E-state index in [0.29, 0.717) is 6.54 Å². The Bertz CT molecular complexity index is 901. The minimum absolute atomic E-state index is 0.298. The Kier molecular flexibility index (Phi) is 3.72. The van der Waals surface area contributed by atoms with Crippen LogP contribution >= 0.6 is 11.3 Å². The molecular weight excluding hydrogens is 324 g/mol. The van der Waals surface area contributed by atoms with Crippen LogP contribution in [-0.2, 0) is 11.2 Å². The summed E-state index contributed by atoms with van der Waals surface area (Å²) in [6.45, 7) is 4.55. The van der Waals surface area contributed by atoms with Crippen molar-refractivity contribution in [3.8, 4) is 0 Å². The molecular formula is C17H18N4O2S. The SMILES string of the molecule is Cc1c(C(C)OC(=O)N2CCCc3ccccc32)sc2ncnn12. The Morgan fingerprint density at radius 1 is 1.38 bits per heavy atom. The number of para-hydroxylation sites is 1. The number of fused-ring (bicyclic) bond motifs is 2. The molecule has 0 aliphatic carbocycles. The molecule has 0 N–H and O–H groups in total. The summed E-state index contributed by atoms with van der Waals surface area (Å²) in [6.07, 6.45) is 2.86. The fraction of sp³-hybridized carbons (Fsp3) is 0.353. The zero-order chi connectivity index (χ0) is 16.7. The van der Waals surface area contributed by atoms with Crippen LogP contribution in [0.1, 0.15) is 35.6 Å². The summed E-state index contributed by atoms with van der Waals surface area (Å²) >= 11 is 1.51. The number of aryl methyl sites for hydroxylation is 2. The van der Waals surface area contributed by atoms with Gasteiger partial charge in [-0.1, -0.05) is 29.5 Å². The quantitative estimate of drug-likeness (QED) is 0.712. The highest BCUT2D eigenvalue weighted by atomic mass is 32.1. The minimum atomic E-state index is -0.333. The van der Waals surface area contributed by atoms with Gasteiger partial charge in [0.2, 0.25) is 4.96 Å². The predicted molar refractivity (Wildman–Crippen MR) is 92.6 cm³/mol. The van der Waals surface area contributed by atoms with E-state index in [2.05, 4.69) is 16.1 Å². The molecule has 6 nitrogen and oxygen atoms in total. The zero-order valence-corrected chi connectivity index (χ0v) is 14.4. The fourth-order valence-electron chi connectivity index (χ4n) is 3.18. The van der Waals surface area contributed by atoms with Crippen molar-refractivity contribution in [3.63, 3.8) is 0 Å². The van der Waals surface area contributed by atoms with Gasteiger partial charge in [-0.05, 0) is 38.3 Å². The number of anilines is 1. The van der Waals surface area contributed by atoms with Gasteiger partial charge in [0.25, 0.3) is 0 Å². The molecule has 124 valence electrons. The van der Waals surface area contributed by atoms with E-state index in [1.54, 1.807) is 9.42 Å². The van der Waals surface area contributed by atoms with Crippen molar-refractivity contribution in [3.05, 3.63) is 46.7 Å². The third-order valence-corrected chi connectivity index (χ3v) is 5.68. The van der Waals surface area contributed by atoms with Crippen molar-refractivity contribution >= 4 is 28.1 Å². The van der Waals surface area contributed by atoms with Crippen LogP contribution in [-0.4, -0.2) is 27.2 Å². The van der Waals surface area contributed by atoms with Crippen molar-refractivity contribution in [2.75, 3.05) is 11.4 Å². The predicted octanol–water partition coefficient (Wildman–Crippen LogP) is 3.75. The molecule has 4 rings (SSSR count). The summed E-state index contributed by atoms with van der Waals surface area (Å²) in [4.78, 5) is 20.4. The van der Waals surface area contributed by atoms with E-state index >= 15 is 0 Å². The van der Waals surface area contributed by atoms with E-state index < -0.39 is 0 Å². The van der Waals surface area contributed by atoms with Gasteiger partial charge in [-0.3, -0.25) is 4.90 Å². The number of carbonyl (C=O) groups is 1. The third kappa shape index (κ3) is 2.45. The summed E-state index contributed by atoms with van der Waals surface area (Å²) < 4.78 is 7.52. The number of hydrogen-bond donors (Lipinski definition) is 0. The van der Waals surface area contributed by atoms with Crippen LogP contribution in [0, 0.1) is 6.92 Å². The molecule has 2 aromatic heterocycles. The van der Waals surface area contributed by atoms with Crippen LogP contribution in [0.3, 0.4) is 0 Å². The topological polar surface area (TPSA) is 59.7 Å². The summed E-state index contributed by atoms with van der Waals surface area (Å²) in [5.41, 5.74) is 3.12. The number of benzene rings is 1. The average molecular weight is 342 g/mol. The van der Waals surface area contributed by atoms with Gasteiger partial charge in [0, 0.05) is 6.54 Å². The van der Waals surface area contributed by atoms with Gasteiger partial charge in [0.05, 0.1) is 16.3 Å². The van der Waals surface area contributed by atoms with Crippen LogP contribution in [0.15, 0.2) is 30.6 Å². The van der Waals surface area contributed by atoms with Gasteiger partial charge in [-0.25, -0.2) is 14.3 Å². The second-order valence-corrected chi connectivity index (χ2v) is 6.93. The molecule has 0 radical (unpaired) electrons. The highest BCUT2D eigenvalue weighted by Gasteiger charge is 2.26. The molecule has 0 saturated carbocycles. The van der Waals surface area contributed by atoms with E-state index in [9.17, 15) is 4.79 Å². The molecule has 7 heteroatoms. The molecule has 3 heterocycles. The van der Waals surface area contributed by atoms with Crippen LogP contribution in [0.5, 0.6) is 0 Å². The monoisotopic (exact) mass is 342 g/mol. The lowest BCUT2D eigenvalue weighted by Gasteiger charge is -2.29. The lowest BCUT2D eigenvalue weighted by Crippen LogP contribution is -2.36. The molecule has 1 aromatic carbocycles. The lowest BCUT2D eigenvalue weighted by molar-refractivity contribution is 0.115. The zero-order valence-electron chi connectivity index (χ0n) is 13.6. The third-order valence-electron chi connectivity index (χ3n) is 4.37. The molecule has 3 aromatic rings. The molecule has 1 aliphatic rings. The maximum absolute atomic E-state index is 12.7. The van der Waals surface area contributed by atoms with Crippen molar-refractivity contribution < 1.29 is 9.53 Å². The number of ether oxygens (including phenoxy) is 1. The Morgan fingerprint density at radius 3 is 3.04 bits per heavy atom. The Labute approximate surface area is 143 Å². The second kappa shape index (κ2) is 5.90. The van der Waals surface area contributed by atoms with E-state index in [-0.39, 0.29) is 12.2 Å². The van der Waals surface area contributed by atoms with Gasteiger partial charge in [0.15, 0.2) is 0 Å². The molecule has 1 amide bonds. The number of nitrogens with zero attached hydrogens (tertiary/aromatic N) is 4. The molecule has 24 heavy (non-hydrogen) atoms. The Hall–Kier alpha value is -2.41. The number of hydrogen-bond acceptors (Lipinski definition) is 5. The first kappa shape index (κ1) is 15.1. The minimum Gasteiger partial charge on any atom is -0.440 e. The van der Waals surface area contributed by atoms with Crippen molar-refractivity contribution in [2.45, 2.75) is 32.8 Å². The standard InChI is InChI=1S/C17H18N4O2S/c1-11-15(24-16-18-10-19-21(11)16)12(2)23-17(22)20-9-5-7-13-6-3-4-8-14(13)20/h3-4,6,8,10,12H,5,7,9H2,1-2H3. The molecule has 1 unspecified atom stereocenters. The Balaban J connectivity index is 1.56. The summed E-state index contributed by atoms with van der Waals surface area (Å²) in [6, 6.07) is 8.02. The van der Waals surface area contributed by atoms with Crippen molar-refractivity contribution in [1.29, 1.82) is 0 Å². The smallest absolute Gasteiger partial charge is 0.414 e. The average Bonchev–Trinajstić information content (AvgIpc) is 3.17. The number of carbonyl (C=O) groups excluding carboxylic acids is 1. The summed E-state index contributed by atoms with van der Waals surface area (Å²) in [5.74, 6) is 0. The van der Waals surface area contributed by atoms with Crippen LogP contribution in [0.4, 0.5) is 10.5 Å². The largest absolute Gasteiger partial charge is 0.440 e. The number of rotatable bonds is 2. The maximum atomic E-state index is 12.7. The van der Waals surface area contributed by atoms with Crippen LogP contribution in [0.2, 0.25) is 0 Å². The van der Waals surface area contributed by atoms with Gasteiger partial charge < -0.3 is 4.74 Å². The van der Waals surface area contributed by atoms with Crippen LogP contribution < -0.4 is 4.90 Å². The number of amides is 1. The normalized spacial score (nSPS) is 15.3. The van der Waals surface area contributed by atoms with E-state index in [1.807, 2.05) is 32.0 Å². The van der Waals surface area contributed by atoms with Crippen LogP contribution in [0.25, 0.3) is 4.96 Å². The highest BCUT2D eigenvalue weighted by molar-refractivity contribution is 7.17. The Morgan fingerprint density at radius 2 is 2.21 bits per heavy atom. The molecule has 0 fully saturated rings.